The summed E-state index contributed by atoms with van der Waals surface area (Å²) in [4.78, 5) is 4.18. The smallest absolute Gasteiger partial charge is 0.131 e. The number of pyridine rings is 1. The first kappa shape index (κ1) is 12.9. The normalized spacial score (nSPS) is 10.0. The standard InChI is InChI=1S/C16H13N5/c17-9-14-6-7-18-16(8-14)20-15-10-19-21(12-15)11-13-4-2-1-3-5-13/h1-8,10,12H,11H2,(H,18,20). The van der Waals surface area contributed by atoms with Crippen molar-refractivity contribution in [3.05, 3.63) is 72.2 Å². The average molecular weight is 275 g/mol. The number of benzene rings is 1. The fourth-order valence-electron chi connectivity index (χ4n) is 2.00. The van der Waals surface area contributed by atoms with Gasteiger partial charge in [0.1, 0.15) is 5.82 Å². The molecular formula is C16H13N5. The molecule has 3 rings (SSSR count). The first-order chi connectivity index (χ1) is 10.3. The summed E-state index contributed by atoms with van der Waals surface area (Å²) in [6.07, 6.45) is 5.26. The molecule has 102 valence electrons. The first-order valence-corrected chi connectivity index (χ1v) is 6.53. The molecule has 0 spiro atoms. The third-order valence-electron chi connectivity index (χ3n) is 2.98. The zero-order valence-electron chi connectivity index (χ0n) is 11.3. The molecule has 0 aliphatic rings. The molecule has 21 heavy (non-hydrogen) atoms. The van der Waals surface area contributed by atoms with Crippen LogP contribution in [0, 0.1) is 11.3 Å². The number of hydrogen-bond acceptors (Lipinski definition) is 4. The van der Waals surface area contributed by atoms with Gasteiger partial charge in [0.05, 0.1) is 30.1 Å². The molecule has 0 amide bonds. The summed E-state index contributed by atoms with van der Waals surface area (Å²) in [5, 5.41) is 16.3. The molecule has 0 aliphatic carbocycles. The number of nitrogens with one attached hydrogen (secondary N) is 1. The second kappa shape index (κ2) is 5.88. The van der Waals surface area contributed by atoms with E-state index in [0.717, 1.165) is 5.69 Å². The first-order valence-electron chi connectivity index (χ1n) is 6.53. The van der Waals surface area contributed by atoms with E-state index in [9.17, 15) is 0 Å². The van der Waals surface area contributed by atoms with Crippen molar-refractivity contribution < 1.29 is 0 Å². The molecule has 0 saturated heterocycles. The minimum Gasteiger partial charge on any atom is -0.338 e. The van der Waals surface area contributed by atoms with E-state index in [4.69, 9.17) is 5.26 Å². The van der Waals surface area contributed by atoms with Gasteiger partial charge in [0, 0.05) is 12.4 Å². The Labute approximate surface area is 122 Å². The summed E-state index contributed by atoms with van der Waals surface area (Å²) in [7, 11) is 0. The van der Waals surface area contributed by atoms with Gasteiger partial charge in [0.2, 0.25) is 0 Å². The van der Waals surface area contributed by atoms with E-state index in [0.29, 0.717) is 17.9 Å². The SMILES string of the molecule is N#Cc1ccnc(Nc2cnn(Cc3ccccc3)c2)c1. The predicted molar refractivity (Wildman–Crippen MR) is 80.0 cm³/mol. The number of nitrogens with zero attached hydrogens (tertiary/aromatic N) is 4. The van der Waals surface area contributed by atoms with Crippen molar-refractivity contribution in [2.24, 2.45) is 0 Å². The van der Waals surface area contributed by atoms with Crippen LogP contribution in [0.5, 0.6) is 0 Å². The third kappa shape index (κ3) is 3.25. The largest absolute Gasteiger partial charge is 0.338 e. The molecule has 2 heterocycles. The second-order valence-electron chi connectivity index (χ2n) is 4.58. The molecule has 5 heteroatoms. The van der Waals surface area contributed by atoms with Crippen molar-refractivity contribution in [2.45, 2.75) is 6.54 Å². The summed E-state index contributed by atoms with van der Waals surface area (Å²) in [6.45, 7) is 0.716. The summed E-state index contributed by atoms with van der Waals surface area (Å²) in [5.74, 6) is 0.633. The van der Waals surface area contributed by atoms with Crippen LogP contribution in [0.1, 0.15) is 11.1 Å². The van der Waals surface area contributed by atoms with Gasteiger partial charge in [-0.15, -0.1) is 0 Å². The highest BCUT2D eigenvalue weighted by Gasteiger charge is 2.02. The fraction of sp³-hybridized carbons (Fsp3) is 0.0625. The summed E-state index contributed by atoms with van der Waals surface area (Å²) < 4.78 is 1.85. The molecule has 0 radical (unpaired) electrons. The Bertz CT molecular complexity index is 771. The molecule has 0 atom stereocenters. The Balaban J connectivity index is 1.72. The van der Waals surface area contributed by atoms with Gasteiger partial charge in [-0.2, -0.15) is 10.4 Å². The minimum absolute atomic E-state index is 0.573. The van der Waals surface area contributed by atoms with Gasteiger partial charge in [0.25, 0.3) is 0 Å². The number of anilines is 2. The van der Waals surface area contributed by atoms with Gasteiger partial charge in [-0.25, -0.2) is 4.98 Å². The molecular weight excluding hydrogens is 262 g/mol. The van der Waals surface area contributed by atoms with Crippen LogP contribution < -0.4 is 5.32 Å². The van der Waals surface area contributed by atoms with Crippen LogP contribution in [-0.4, -0.2) is 14.8 Å². The van der Waals surface area contributed by atoms with Gasteiger partial charge in [0.15, 0.2) is 0 Å². The molecule has 2 aromatic heterocycles. The van der Waals surface area contributed by atoms with E-state index in [1.165, 1.54) is 5.56 Å². The van der Waals surface area contributed by atoms with Crippen molar-refractivity contribution in [1.29, 1.82) is 5.26 Å². The Morgan fingerprint density at radius 2 is 2.05 bits per heavy atom. The molecule has 0 fully saturated rings. The summed E-state index contributed by atoms with van der Waals surface area (Å²) in [5.41, 5.74) is 2.61. The number of aromatic nitrogens is 3. The zero-order chi connectivity index (χ0) is 14.5. The van der Waals surface area contributed by atoms with Crippen LogP contribution in [0.25, 0.3) is 0 Å². The van der Waals surface area contributed by atoms with Crippen LogP contribution in [0.2, 0.25) is 0 Å². The van der Waals surface area contributed by atoms with Gasteiger partial charge >= 0.3 is 0 Å². The molecule has 0 unspecified atom stereocenters. The van der Waals surface area contributed by atoms with Gasteiger partial charge in [-0.1, -0.05) is 30.3 Å². The zero-order valence-corrected chi connectivity index (χ0v) is 11.3. The second-order valence-corrected chi connectivity index (χ2v) is 4.58. The maximum Gasteiger partial charge on any atom is 0.131 e. The molecule has 0 aliphatic heterocycles. The summed E-state index contributed by atoms with van der Waals surface area (Å²) >= 11 is 0. The van der Waals surface area contributed by atoms with Crippen molar-refractivity contribution in [2.75, 3.05) is 5.32 Å². The van der Waals surface area contributed by atoms with Crippen molar-refractivity contribution >= 4 is 11.5 Å². The van der Waals surface area contributed by atoms with Crippen LogP contribution in [0.3, 0.4) is 0 Å². The van der Waals surface area contributed by atoms with E-state index < -0.39 is 0 Å². The Hall–Kier alpha value is -3.13. The van der Waals surface area contributed by atoms with Gasteiger partial charge in [-0.3, -0.25) is 4.68 Å². The summed E-state index contributed by atoms with van der Waals surface area (Å²) in [6, 6.07) is 15.6. The van der Waals surface area contributed by atoms with E-state index in [1.54, 1.807) is 24.5 Å². The Morgan fingerprint density at radius 1 is 1.19 bits per heavy atom. The van der Waals surface area contributed by atoms with Crippen LogP contribution in [-0.2, 0) is 6.54 Å². The van der Waals surface area contributed by atoms with Gasteiger partial charge < -0.3 is 5.32 Å². The quantitative estimate of drug-likeness (QED) is 0.795. The number of hydrogen-bond donors (Lipinski definition) is 1. The highest BCUT2D eigenvalue weighted by Crippen LogP contribution is 2.15. The lowest BCUT2D eigenvalue weighted by Gasteiger charge is -2.02. The van der Waals surface area contributed by atoms with E-state index in [2.05, 4.69) is 33.6 Å². The predicted octanol–water partition coefficient (Wildman–Crippen LogP) is 2.94. The molecule has 0 saturated carbocycles. The van der Waals surface area contributed by atoms with E-state index >= 15 is 0 Å². The minimum atomic E-state index is 0.573. The van der Waals surface area contributed by atoms with E-state index in [-0.39, 0.29) is 0 Å². The van der Waals surface area contributed by atoms with Crippen LogP contribution >= 0.6 is 0 Å². The monoisotopic (exact) mass is 275 g/mol. The maximum atomic E-state index is 8.87. The average Bonchev–Trinajstić information content (AvgIpc) is 2.95. The molecule has 0 bridgehead atoms. The van der Waals surface area contributed by atoms with Gasteiger partial charge in [-0.05, 0) is 17.7 Å². The highest BCUT2D eigenvalue weighted by molar-refractivity contribution is 5.55. The molecule has 3 aromatic rings. The topological polar surface area (TPSA) is 66.5 Å². The fourth-order valence-corrected chi connectivity index (χ4v) is 2.00. The lowest BCUT2D eigenvalue weighted by Crippen LogP contribution is -1.99. The lowest BCUT2D eigenvalue weighted by atomic mass is 10.2. The molecule has 1 N–H and O–H groups in total. The Morgan fingerprint density at radius 3 is 2.86 bits per heavy atom. The number of rotatable bonds is 4. The number of nitriles is 1. The third-order valence-corrected chi connectivity index (χ3v) is 2.98. The highest BCUT2D eigenvalue weighted by atomic mass is 15.3. The van der Waals surface area contributed by atoms with Crippen molar-refractivity contribution in [3.8, 4) is 6.07 Å². The molecule has 5 nitrogen and oxygen atoms in total. The maximum absolute atomic E-state index is 8.87. The van der Waals surface area contributed by atoms with Crippen molar-refractivity contribution in [3.63, 3.8) is 0 Å². The van der Waals surface area contributed by atoms with E-state index in [1.807, 2.05) is 29.1 Å². The van der Waals surface area contributed by atoms with Crippen molar-refractivity contribution in [1.82, 2.24) is 14.8 Å². The lowest BCUT2D eigenvalue weighted by molar-refractivity contribution is 0.687. The van der Waals surface area contributed by atoms with Crippen LogP contribution in [0.15, 0.2) is 61.1 Å². The van der Waals surface area contributed by atoms with Crippen LogP contribution in [0.4, 0.5) is 11.5 Å². The Kier molecular flexibility index (Phi) is 3.61. The molecule has 1 aromatic carbocycles.